The van der Waals surface area contributed by atoms with Gasteiger partial charge < -0.3 is 4.79 Å². The van der Waals surface area contributed by atoms with Crippen molar-refractivity contribution in [1.82, 2.24) is 0 Å². The Morgan fingerprint density at radius 2 is 1.94 bits per heavy atom. The molecule has 1 fully saturated rings. The molecule has 0 radical (unpaired) electrons. The van der Waals surface area contributed by atoms with E-state index in [9.17, 15) is 4.79 Å². The fraction of sp³-hybridized carbons (Fsp3) is 0.688. The number of rotatable bonds is 2. The van der Waals surface area contributed by atoms with Crippen molar-refractivity contribution in [2.24, 2.45) is 23.2 Å². The van der Waals surface area contributed by atoms with Crippen molar-refractivity contribution in [3.63, 3.8) is 0 Å². The number of allylic oxidation sites excluding steroid dienone is 3. The summed E-state index contributed by atoms with van der Waals surface area (Å²) in [7, 11) is 0. The predicted molar refractivity (Wildman–Crippen MR) is 71.7 cm³/mol. The second-order valence-corrected chi connectivity index (χ2v) is 6.29. The molecule has 2 aliphatic rings. The van der Waals surface area contributed by atoms with Crippen LogP contribution in [0.3, 0.4) is 0 Å². The Morgan fingerprint density at radius 3 is 2.53 bits per heavy atom. The van der Waals surface area contributed by atoms with Crippen LogP contribution in [-0.2, 0) is 4.79 Å². The van der Waals surface area contributed by atoms with Gasteiger partial charge in [-0.25, -0.2) is 0 Å². The predicted octanol–water partition coefficient (Wildman–Crippen LogP) is 4.15. The van der Waals surface area contributed by atoms with Crippen LogP contribution in [0.2, 0.25) is 0 Å². The molecule has 2 atom stereocenters. The zero-order chi connectivity index (χ0) is 12.5. The van der Waals surface area contributed by atoms with Gasteiger partial charge in [0.05, 0.1) is 5.92 Å². The fourth-order valence-corrected chi connectivity index (χ4v) is 3.77. The molecular weight excluding hydrogens is 208 g/mol. The van der Waals surface area contributed by atoms with E-state index in [1.165, 1.54) is 32.1 Å². The van der Waals surface area contributed by atoms with Crippen molar-refractivity contribution in [3.05, 3.63) is 24.3 Å². The molecule has 94 valence electrons. The second kappa shape index (κ2) is 4.80. The standard InChI is InChI=1S/C16H24O/c1-12-14(11-17)9-10-16(2,3)15(12)13-7-5-4-6-8-13/h9-11,13-15H,1,4-8H2,2-3H3. The molecule has 0 saturated heterocycles. The van der Waals surface area contributed by atoms with Gasteiger partial charge in [0.2, 0.25) is 0 Å². The van der Waals surface area contributed by atoms with Gasteiger partial charge in [-0.1, -0.05) is 57.4 Å². The van der Waals surface area contributed by atoms with Gasteiger partial charge in [-0.3, -0.25) is 0 Å². The number of hydrogen-bond donors (Lipinski definition) is 0. The van der Waals surface area contributed by atoms with E-state index in [0.29, 0.717) is 5.92 Å². The van der Waals surface area contributed by atoms with Crippen LogP contribution in [0.4, 0.5) is 0 Å². The Bertz CT molecular complexity index is 331. The molecule has 0 spiro atoms. The van der Waals surface area contributed by atoms with Gasteiger partial charge in [-0.05, 0) is 30.1 Å². The van der Waals surface area contributed by atoms with Gasteiger partial charge in [0.1, 0.15) is 6.29 Å². The Morgan fingerprint density at radius 1 is 1.29 bits per heavy atom. The van der Waals surface area contributed by atoms with Gasteiger partial charge in [-0.2, -0.15) is 0 Å². The van der Waals surface area contributed by atoms with Gasteiger partial charge in [-0.15, -0.1) is 0 Å². The monoisotopic (exact) mass is 232 g/mol. The van der Waals surface area contributed by atoms with Crippen LogP contribution in [-0.4, -0.2) is 6.29 Å². The first kappa shape index (κ1) is 12.6. The van der Waals surface area contributed by atoms with Crippen molar-refractivity contribution in [1.29, 1.82) is 0 Å². The SMILES string of the molecule is C=C1C(C=O)C=CC(C)(C)C1C1CCCCC1. The second-order valence-electron chi connectivity index (χ2n) is 6.29. The lowest BCUT2D eigenvalue weighted by Gasteiger charge is -2.44. The van der Waals surface area contributed by atoms with Crippen LogP contribution < -0.4 is 0 Å². The van der Waals surface area contributed by atoms with Crippen LogP contribution in [0.5, 0.6) is 0 Å². The fourth-order valence-electron chi connectivity index (χ4n) is 3.77. The van der Waals surface area contributed by atoms with E-state index < -0.39 is 0 Å². The molecule has 1 heteroatoms. The largest absolute Gasteiger partial charge is 0.302 e. The van der Waals surface area contributed by atoms with E-state index in [0.717, 1.165) is 17.8 Å². The number of hydrogen-bond acceptors (Lipinski definition) is 1. The summed E-state index contributed by atoms with van der Waals surface area (Å²) in [6, 6.07) is 0. The Balaban J connectivity index is 2.25. The minimum Gasteiger partial charge on any atom is -0.302 e. The van der Waals surface area contributed by atoms with Gasteiger partial charge >= 0.3 is 0 Å². The van der Waals surface area contributed by atoms with Crippen LogP contribution >= 0.6 is 0 Å². The highest BCUT2D eigenvalue weighted by molar-refractivity contribution is 5.63. The average molecular weight is 232 g/mol. The third-order valence-electron chi connectivity index (χ3n) is 4.63. The summed E-state index contributed by atoms with van der Waals surface area (Å²) in [5, 5.41) is 0. The zero-order valence-electron chi connectivity index (χ0n) is 11.1. The molecule has 0 amide bonds. The first-order chi connectivity index (χ1) is 8.06. The van der Waals surface area contributed by atoms with Crippen LogP contribution in [0.1, 0.15) is 46.0 Å². The molecule has 2 rings (SSSR count). The quantitative estimate of drug-likeness (QED) is 0.516. The van der Waals surface area contributed by atoms with Gasteiger partial charge in [0.15, 0.2) is 0 Å². The highest BCUT2D eigenvalue weighted by Crippen LogP contribution is 2.48. The molecule has 1 saturated carbocycles. The molecule has 1 nitrogen and oxygen atoms in total. The number of aldehydes is 1. The third-order valence-corrected chi connectivity index (χ3v) is 4.63. The Kier molecular flexibility index (Phi) is 3.56. The van der Waals surface area contributed by atoms with E-state index in [2.05, 4.69) is 26.5 Å². The van der Waals surface area contributed by atoms with Crippen molar-refractivity contribution in [3.8, 4) is 0 Å². The molecule has 2 unspecified atom stereocenters. The lowest BCUT2D eigenvalue weighted by atomic mass is 9.60. The highest BCUT2D eigenvalue weighted by Gasteiger charge is 2.40. The minimum atomic E-state index is -0.0463. The summed E-state index contributed by atoms with van der Waals surface area (Å²) in [5.74, 6) is 1.18. The third kappa shape index (κ3) is 2.38. The molecule has 0 bridgehead atoms. The molecule has 0 aromatic carbocycles. The molecule has 0 aromatic heterocycles. The summed E-state index contributed by atoms with van der Waals surface area (Å²) in [5.41, 5.74) is 1.32. The minimum absolute atomic E-state index is 0.0463. The highest BCUT2D eigenvalue weighted by atomic mass is 16.1. The van der Waals surface area contributed by atoms with Crippen LogP contribution in [0.25, 0.3) is 0 Å². The molecule has 17 heavy (non-hydrogen) atoms. The van der Waals surface area contributed by atoms with E-state index in [-0.39, 0.29) is 11.3 Å². The van der Waals surface area contributed by atoms with E-state index in [1.807, 2.05) is 6.08 Å². The summed E-state index contributed by atoms with van der Waals surface area (Å²) in [6.45, 7) is 8.81. The summed E-state index contributed by atoms with van der Waals surface area (Å²) in [4.78, 5) is 11.1. The summed E-state index contributed by atoms with van der Waals surface area (Å²) >= 11 is 0. The van der Waals surface area contributed by atoms with Crippen LogP contribution in [0.15, 0.2) is 24.3 Å². The maximum absolute atomic E-state index is 11.1. The Labute approximate surface area is 105 Å². The van der Waals surface area contributed by atoms with Crippen LogP contribution in [0, 0.1) is 23.2 Å². The maximum Gasteiger partial charge on any atom is 0.130 e. The zero-order valence-corrected chi connectivity index (χ0v) is 11.1. The van der Waals surface area contributed by atoms with Crippen molar-refractivity contribution in [2.45, 2.75) is 46.0 Å². The first-order valence-corrected chi connectivity index (χ1v) is 6.89. The molecule has 0 aromatic rings. The topological polar surface area (TPSA) is 17.1 Å². The number of carbonyl (C=O) groups is 1. The Hall–Kier alpha value is -0.850. The van der Waals surface area contributed by atoms with E-state index >= 15 is 0 Å². The van der Waals surface area contributed by atoms with E-state index in [4.69, 9.17) is 0 Å². The smallest absolute Gasteiger partial charge is 0.130 e. The molecule has 0 heterocycles. The molecule has 0 N–H and O–H groups in total. The van der Waals surface area contributed by atoms with Crippen molar-refractivity contribution < 1.29 is 4.79 Å². The molecule has 2 aliphatic carbocycles. The average Bonchev–Trinajstić information content (AvgIpc) is 2.30. The maximum atomic E-state index is 11.1. The van der Waals surface area contributed by atoms with Crippen molar-refractivity contribution >= 4 is 6.29 Å². The van der Waals surface area contributed by atoms with Gasteiger partial charge in [0.25, 0.3) is 0 Å². The normalized spacial score (nSPS) is 33.6. The lowest BCUT2D eigenvalue weighted by molar-refractivity contribution is -0.109. The summed E-state index contributed by atoms with van der Waals surface area (Å²) < 4.78 is 0. The summed E-state index contributed by atoms with van der Waals surface area (Å²) in [6.07, 6.45) is 12.0. The lowest BCUT2D eigenvalue weighted by Crippen LogP contribution is -2.36. The first-order valence-electron chi connectivity index (χ1n) is 6.89. The molecular formula is C16H24O. The van der Waals surface area contributed by atoms with E-state index in [1.54, 1.807) is 0 Å². The van der Waals surface area contributed by atoms with Gasteiger partial charge in [0, 0.05) is 0 Å². The number of carbonyl (C=O) groups excluding carboxylic acids is 1. The molecule has 0 aliphatic heterocycles. The van der Waals surface area contributed by atoms with Crippen molar-refractivity contribution in [2.75, 3.05) is 0 Å².